The Morgan fingerprint density at radius 1 is 0.382 bits per heavy atom. The van der Waals surface area contributed by atoms with Crippen molar-refractivity contribution < 1.29 is 0 Å². The molecule has 0 amide bonds. The highest BCUT2D eigenvalue weighted by Gasteiger charge is 2.45. The average molecular weight is 1170 g/mol. The lowest BCUT2D eigenvalue weighted by atomic mass is 9.33. The summed E-state index contributed by atoms with van der Waals surface area (Å²) < 4.78 is 5.10. The first kappa shape index (κ1) is 56.4. The molecule has 89 heavy (non-hydrogen) atoms. The number of benzene rings is 11. The van der Waals surface area contributed by atoms with E-state index in [9.17, 15) is 0 Å². The Labute approximate surface area is 530 Å². The van der Waals surface area contributed by atoms with Gasteiger partial charge in [0.2, 0.25) is 0 Å². The fourth-order valence-electron chi connectivity index (χ4n) is 14.9. The van der Waals surface area contributed by atoms with Gasteiger partial charge < -0.3 is 19.3 Å². The van der Waals surface area contributed by atoms with Crippen molar-refractivity contribution in [1.82, 2.24) is 4.57 Å². The van der Waals surface area contributed by atoms with Gasteiger partial charge in [0.05, 0.1) is 16.7 Å². The van der Waals surface area contributed by atoms with Gasteiger partial charge in [-0.2, -0.15) is 0 Å². The largest absolute Gasteiger partial charge is 0.311 e. The molecule has 4 heterocycles. The van der Waals surface area contributed by atoms with Crippen molar-refractivity contribution in [1.29, 1.82) is 0 Å². The highest BCUT2D eigenvalue weighted by Crippen LogP contribution is 2.51. The van der Waals surface area contributed by atoms with Gasteiger partial charge in [-0.1, -0.05) is 184 Å². The van der Waals surface area contributed by atoms with Crippen molar-refractivity contribution in [2.75, 3.05) is 14.7 Å². The number of anilines is 9. The predicted molar refractivity (Wildman–Crippen MR) is 388 cm³/mol. The van der Waals surface area contributed by atoms with Crippen LogP contribution in [-0.4, -0.2) is 11.3 Å². The third kappa shape index (κ3) is 9.14. The minimum Gasteiger partial charge on any atom is -0.311 e. The Morgan fingerprint density at radius 3 is 1.65 bits per heavy atom. The first-order valence-corrected chi connectivity index (χ1v) is 32.6. The van der Waals surface area contributed by atoms with Crippen LogP contribution in [0.5, 0.6) is 0 Å². The number of hydrogen-bond acceptors (Lipinski definition) is 4. The van der Waals surface area contributed by atoms with E-state index in [1.54, 1.807) is 0 Å². The first-order valence-electron chi connectivity index (χ1n) is 31.8. The number of aryl methyl sites for hydroxylation is 5. The first-order chi connectivity index (χ1) is 42.6. The summed E-state index contributed by atoms with van der Waals surface area (Å²) in [6, 6.07) is 81.6. The molecule has 4 nitrogen and oxygen atoms in total. The second-order valence-electron chi connectivity index (χ2n) is 28.6. The van der Waals surface area contributed by atoms with E-state index in [2.05, 4.69) is 329 Å². The number of aromatic nitrogens is 1. The van der Waals surface area contributed by atoms with Crippen LogP contribution in [0.15, 0.2) is 212 Å². The highest BCUT2D eigenvalue weighted by atomic mass is 32.1. The summed E-state index contributed by atoms with van der Waals surface area (Å²) in [5, 5.41) is 5.10. The lowest BCUT2D eigenvalue weighted by Gasteiger charge is -2.45. The summed E-state index contributed by atoms with van der Waals surface area (Å²) in [5.74, 6) is 0. The maximum atomic E-state index is 2.64. The Morgan fingerprint density at radius 2 is 0.966 bits per heavy atom. The molecule has 438 valence electrons. The summed E-state index contributed by atoms with van der Waals surface area (Å²) in [6.07, 6.45) is 0. The molecule has 0 aliphatic carbocycles. The summed E-state index contributed by atoms with van der Waals surface area (Å²) in [4.78, 5) is 7.78. The summed E-state index contributed by atoms with van der Waals surface area (Å²) in [6.45, 7) is 32.5. The molecule has 0 fully saturated rings. The van der Waals surface area contributed by atoms with Crippen LogP contribution in [0.2, 0.25) is 0 Å². The van der Waals surface area contributed by atoms with Gasteiger partial charge in [-0.25, -0.2) is 0 Å². The van der Waals surface area contributed by atoms with Crippen LogP contribution in [0, 0.1) is 34.6 Å². The van der Waals surface area contributed by atoms with Crippen LogP contribution in [0.1, 0.15) is 107 Å². The molecule has 0 spiro atoms. The van der Waals surface area contributed by atoms with Crippen LogP contribution in [0.3, 0.4) is 0 Å². The van der Waals surface area contributed by atoms with E-state index >= 15 is 0 Å². The van der Waals surface area contributed by atoms with Gasteiger partial charge in [0.1, 0.15) is 0 Å². The third-order valence-electron chi connectivity index (χ3n) is 19.3. The quantitative estimate of drug-likeness (QED) is 0.148. The van der Waals surface area contributed by atoms with E-state index in [1.807, 2.05) is 11.3 Å². The SMILES string of the molecule is Cc1cc2c3c(c1)N(c1cc(C)c(-c4cccc5c4sc4ccccc45)c(C)c1)c1cc(N(c4ccc5c6ccccc6n(-c6ccccc6)c5c4)c4c(C)cc(C(C)(C)C)cc4C)ccc1B3c1cc(C(C)(C)C)ccc1N2c1ccc(C(C)(C)C)cc1. The zero-order chi connectivity index (χ0) is 61.7. The molecule has 0 saturated heterocycles. The molecule has 15 rings (SSSR count). The lowest BCUT2D eigenvalue weighted by Crippen LogP contribution is -2.61. The number of rotatable bonds is 7. The number of hydrogen-bond donors (Lipinski definition) is 0. The zero-order valence-electron chi connectivity index (χ0n) is 54.0. The predicted octanol–water partition coefficient (Wildman–Crippen LogP) is 21.8. The third-order valence-corrected chi connectivity index (χ3v) is 20.5. The highest BCUT2D eigenvalue weighted by molar-refractivity contribution is 7.26. The van der Waals surface area contributed by atoms with Crippen LogP contribution >= 0.6 is 11.3 Å². The normalized spacial score (nSPS) is 13.2. The molecule has 6 heteroatoms. The second-order valence-corrected chi connectivity index (χ2v) is 29.6. The molecule has 2 aliphatic rings. The van der Waals surface area contributed by atoms with Gasteiger partial charge in [-0.05, 0) is 208 Å². The van der Waals surface area contributed by atoms with Crippen molar-refractivity contribution >= 4 is 128 Å². The van der Waals surface area contributed by atoms with Crippen molar-refractivity contribution in [2.45, 2.75) is 113 Å². The van der Waals surface area contributed by atoms with Gasteiger partial charge in [-0.3, -0.25) is 0 Å². The molecule has 0 unspecified atom stereocenters. The van der Waals surface area contributed by atoms with Gasteiger partial charge in [0.15, 0.2) is 0 Å². The molecule has 0 radical (unpaired) electrons. The standard InChI is InChI=1S/C83H77BN4S/c1-50-41-74-78-75(42-50)88(62-45-51(2)77(52(3)46-62)67-28-22-27-66-65-26-19-21-30-76(65)89-80(66)67)73-49-61(37-39-68(73)84(78)69-47-56(82(9,10)11)33-40-71(69)87(74)59-34-31-55(32-35-59)81(6,7)8)85(79-53(4)43-57(44-54(79)5)83(12,13)14)60-36-38-64-63-25-18-20-29-70(63)86(72(64)48-60)58-23-16-15-17-24-58/h15-49H,1-14H3. The summed E-state index contributed by atoms with van der Waals surface area (Å²) >= 11 is 1.91. The maximum absolute atomic E-state index is 2.64. The molecule has 2 aromatic heterocycles. The van der Waals surface area contributed by atoms with Gasteiger partial charge in [0, 0.05) is 87.7 Å². The van der Waals surface area contributed by atoms with E-state index in [0.717, 1.165) is 28.4 Å². The smallest absolute Gasteiger partial charge is 0.252 e. The van der Waals surface area contributed by atoms with Crippen molar-refractivity contribution in [3.63, 3.8) is 0 Å². The monoisotopic (exact) mass is 1170 g/mol. The van der Waals surface area contributed by atoms with Crippen LogP contribution in [0.25, 0.3) is 58.8 Å². The number of thiophene rings is 1. The van der Waals surface area contributed by atoms with Crippen molar-refractivity contribution in [2.24, 2.45) is 0 Å². The number of nitrogens with zero attached hydrogens (tertiary/aromatic N) is 4. The minimum absolute atomic E-state index is 0.0184. The molecule has 0 N–H and O–H groups in total. The van der Waals surface area contributed by atoms with E-state index in [-0.39, 0.29) is 23.0 Å². The molecule has 13 aromatic rings. The molecule has 0 atom stereocenters. The minimum atomic E-state index is -0.0823. The Bertz CT molecular complexity index is 4990. The van der Waals surface area contributed by atoms with Gasteiger partial charge >= 0.3 is 0 Å². The van der Waals surface area contributed by atoms with E-state index in [0.29, 0.717) is 0 Å². The topological polar surface area (TPSA) is 14.7 Å². The molecular weight excluding hydrogens is 1100 g/mol. The van der Waals surface area contributed by atoms with Gasteiger partial charge in [-0.15, -0.1) is 11.3 Å². The van der Waals surface area contributed by atoms with E-state index in [4.69, 9.17) is 0 Å². The lowest BCUT2D eigenvalue weighted by molar-refractivity contribution is 0.589. The van der Waals surface area contributed by atoms with Crippen LogP contribution in [0.4, 0.5) is 51.2 Å². The van der Waals surface area contributed by atoms with Crippen molar-refractivity contribution in [3.05, 3.63) is 257 Å². The Hall–Kier alpha value is -9.10. The molecule has 2 aliphatic heterocycles. The second kappa shape index (κ2) is 20.5. The summed E-state index contributed by atoms with van der Waals surface area (Å²) in [5.41, 5.74) is 30.6. The molecular formula is C83H77BN4S. The Balaban J connectivity index is 1.02. The van der Waals surface area contributed by atoms with Crippen molar-refractivity contribution in [3.8, 4) is 16.8 Å². The fraction of sp³-hybridized carbons (Fsp3) is 0.205. The maximum Gasteiger partial charge on any atom is 0.252 e. The van der Waals surface area contributed by atoms with Crippen LogP contribution in [-0.2, 0) is 16.2 Å². The zero-order valence-corrected chi connectivity index (χ0v) is 54.8. The van der Waals surface area contributed by atoms with E-state index in [1.165, 1.54) is 142 Å². The molecule has 11 aromatic carbocycles. The number of para-hydroxylation sites is 2. The Kier molecular flexibility index (Phi) is 13.0. The average Bonchev–Trinajstić information content (AvgIpc) is 1.38. The fourth-order valence-corrected chi connectivity index (χ4v) is 16.2. The summed E-state index contributed by atoms with van der Waals surface area (Å²) in [7, 11) is 0. The van der Waals surface area contributed by atoms with Crippen LogP contribution < -0.4 is 31.1 Å². The van der Waals surface area contributed by atoms with E-state index < -0.39 is 0 Å². The molecule has 0 bridgehead atoms. The van der Waals surface area contributed by atoms with Gasteiger partial charge in [0.25, 0.3) is 6.71 Å². The number of fused-ring (bicyclic) bond motifs is 10. The molecule has 0 saturated carbocycles.